The number of fused-ring (bicyclic) bond motifs is 5. The van der Waals surface area contributed by atoms with Crippen LogP contribution in [0.1, 0.15) is 90.7 Å². The van der Waals surface area contributed by atoms with E-state index in [1.54, 1.807) is 6.92 Å². The second-order valence-corrected chi connectivity index (χ2v) is 17.4. The molecule has 5 aliphatic carbocycles. The van der Waals surface area contributed by atoms with Crippen LogP contribution in [0.15, 0.2) is 54.1 Å². The summed E-state index contributed by atoms with van der Waals surface area (Å²) in [7, 11) is 0. The Morgan fingerprint density at radius 1 is 1.02 bits per heavy atom. The molecule has 0 aromatic heterocycles. The van der Waals surface area contributed by atoms with Gasteiger partial charge in [-0.25, -0.2) is 4.79 Å². The van der Waals surface area contributed by atoms with Crippen LogP contribution in [-0.2, 0) is 28.5 Å². The predicted octanol–water partition coefficient (Wildman–Crippen LogP) is 7.19. The fourth-order valence-electron chi connectivity index (χ4n) is 13.1. The van der Waals surface area contributed by atoms with Crippen molar-refractivity contribution in [1.29, 1.82) is 0 Å². The Labute approximate surface area is 276 Å². The molecular formula is C39H46O8. The molecule has 1 spiro atoms. The van der Waals surface area contributed by atoms with Crippen molar-refractivity contribution in [3.8, 4) is 0 Å². The summed E-state index contributed by atoms with van der Waals surface area (Å²) in [6.45, 7) is 9.41. The number of carbonyl (C=O) groups is 3. The summed E-state index contributed by atoms with van der Waals surface area (Å²) in [6, 6.07) is 10.5. The monoisotopic (exact) mass is 642 g/mol. The first-order valence-corrected chi connectivity index (χ1v) is 17.6. The van der Waals surface area contributed by atoms with Crippen LogP contribution in [0, 0.1) is 50.7 Å². The number of rotatable bonds is 3. The number of carboxylic acid groups (broad SMARTS) is 1. The van der Waals surface area contributed by atoms with E-state index in [9.17, 15) is 19.5 Å². The maximum atomic E-state index is 14.8. The SMILES string of the molecule is CC1(OC(=O)O)COC2(CC(C3CCC45CC34C=CC3C4(C)CC=C6CC(c7ccccc7)OCC6(C)C4CC(=O)C35C)C(=O)O2)C1. The zero-order valence-corrected chi connectivity index (χ0v) is 27.9. The van der Waals surface area contributed by atoms with Gasteiger partial charge in [0.15, 0.2) is 0 Å². The van der Waals surface area contributed by atoms with E-state index in [0.717, 1.165) is 32.1 Å². The van der Waals surface area contributed by atoms with Crippen LogP contribution >= 0.6 is 0 Å². The van der Waals surface area contributed by atoms with Gasteiger partial charge in [0.05, 0.1) is 31.7 Å². The largest absolute Gasteiger partial charge is 0.506 e. The first-order valence-electron chi connectivity index (χ1n) is 17.6. The number of hydrogen-bond acceptors (Lipinski definition) is 7. The number of esters is 1. The van der Waals surface area contributed by atoms with Crippen LogP contribution in [0.5, 0.6) is 0 Å². The fraction of sp³-hybridized carbons (Fsp3) is 0.667. The second-order valence-electron chi connectivity index (χ2n) is 17.4. The van der Waals surface area contributed by atoms with Gasteiger partial charge in [-0.2, -0.15) is 0 Å². The average molecular weight is 643 g/mol. The molecule has 12 unspecified atom stereocenters. The Bertz CT molecular complexity index is 1650. The molecule has 250 valence electrons. The van der Waals surface area contributed by atoms with Gasteiger partial charge < -0.3 is 24.1 Å². The second kappa shape index (κ2) is 9.17. The number of benzene rings is 1. The van der Waals surface area contributed by atoms with Crippen molar-refractivity contribution in [2.24, 2.45) is 50.7 Å². The first kappa shape index (κ1) is 30.1. The maximum Gasteiger partial charge on any atom is 0.506 e. The number of allylic oxidation sites excluding steroid dienone is 3. The van der Waals surface area contributed by atoms with Gasteiger partial charge in [-0.15, -0.1) is 0 Å². The topological polar surface area (TPSA) is 108 Å². The maximum absolute atomic E-state index is 14.8. The zero-order valence-electron chi connectivity index (χ0n) is 27.9. The van der Waals surface area contributed by atoms with Gasteiger partial charge in [0.25, 0.3) is 0 Å². The van der Waals surface area contributed by atoms with Gasteiger partial charge in [0.1, 0.15) is 11.4 Å². The minimum absolute atomic E-state index is 0.0508. The molecule has 1 N–H and O–H groups in total. The molecule has 0 radical (unpaired) electrons. The van der Waals surface area contributed by atoms with Gasteiger partial charge in [-0.05, 0) is 78.6 Å². The molecule has 47 heavy (non-hydrogen) atoms. The predicted molar refractivity (Wildman–Crippen MR) is 170 cm³/mol. The Balaban J connectivity index is 1.01. The summed E-state index contributed by atoms with van der Waals surface area (Å²) in [5, 5.41) is 9.24. The zero-order chi connectivity index (χ0) is 32.8. The van der Waals surface area contributed by atoms with Crippen LogP contribution in [0.2, 0.25) is 0 Å². The van der Waals surface area contributed by atoms with E-state index in [2.05, 4.69) is 63.3 Å². The molecule has 3 saturated carbocycles. The Morgan fingerprint density at radius 2 is 1.81 bits per heavy atom. The minimum Gasteiger partial charge on any atom is -0.450 e. The van der Waals surface area contributed by atoms with E-state index in [1.165, 1.54) is 11.1 Å². The van der Waals surface area contributed by atoms with Gasteiger partial charge >= 0.3 is 12.1 Å². The van der Waals surface area contributed by atoms with Crippen LogP contribution in [0.3, 0.4) is 0 Å². The van der Waals surface area contributed by atoms with E-state index in [-0.39, 0.29) is 70.4 Å². The summed E-state index contributed by atoms with van der Waals surface area (Å²) in [5.41, 5.74) is 0.486. The standard InChI is InChI=1S/C39H46O8/c1-33(47-32(42)43)19-39(45-21-33)18-25(31(41)46-39)26-11-15-38-20-37(26,38)14-12-28-34(2)13-10-24-16-27(23-8-6-5-7-9-23)44-22-35(24,3)29(34)17-30(40)36(28,38)4/h5-10,12,14,25-29H,11,13,15-22H2,1-4H3,(H,42,43). The Kier molecular flexibility index (Phi) is 5.88. The van der Waals surface area contributed by atoms with Crippen LogP contribution in [0.25, 0.3) is 0 Å². The fourth-order valence-corrected chi connectivity index (χ4v) is 13.1. The third kappa shape index (κ3) is 3.64. The Hall–Kier alpha value is -2.97. The molecule has 9 rings (SSSR count). The summed E-state index contributed by atoms with van der Waals surface area (Å²) in [6.07, 6.45) is 11.7. The van der Waals surface area contributed by atoms with Crippen molar-refractivity contribution in [2.75, 3.05) is 13.2 Å². The first-order chi connectivity index (χ1) is 22.2. The van der Waals surface area contributed by atoms with Crippen LogP contribution < -0.4 is 0 Å². The highest BCUT2D eigenvalue weighted by atomic mass is 16.7. The molecule has 12 atom stereocenters. The molecule has 8 nitrogen and oxygen atoms in total. The normalized spacial score (nSPS) is 52.1. The van der Waals surface area contributed by atoms with Crippen LogP contribution in [0.4, 0.5) is 4.79 Å². The van der Waals surface area contributed by atoms with E-state index in [4.69, 9.17) is 18.9 Å². The molecule has 3 heterocycles. The average Bonchev–Trinajstić information content (AvgIpc) is 3.23. The number of Topliss-reactive ketones (excluding diaryl/α,β-unsaturated/α-hetero) is 1. The quantitative estimate of drug-likeness (QED) is 0.273. The molecule has 0 bridgehead atoms. The summed E-state index contributed by atoms with van der Waals surface area (Å²) >= 11 is 0. The van der Waals surface area contributed by atoms with Gasteiger partial charge in [-0.3, -0.25) is 9.59 Å². The van der Waals surface area contributed by atoms with Crippen molar-refractivity contribution in [3.63, 3.8) is 0 Å². The van der Waals surface area contributed by atoms with Gasteiger partial charge in [0.2, 0.25) is 5.79 Å². The molecule has 0 amide bonds. The highest BCUT2D eigenvalue weighted by Gasteiger charge is 2.85. The molecule has 8 aliphatic rings. The highest BCUT2D eigenvalue weighted by Crippen LogP contribution is 2.89. The lowest BCUT2D eigenvalue weighted by atomic mass is 9.39. The third-order valence-corrected chi connectivity index (χ3v) is 15.3. The van der Waals surface area contributed by atoms with Crippen molar-refractivity contribution in [2.45, 2.75) is 96.6 Å². The number of ketones is 1. The van der Waals surface area contributed by atoms with Crippen molar-refractivity contribution >= 4 is 17.9 Å². The molecule has 1 aromatic carbocycles. The summed E-state index contributed by atoms with van der Waals surface area (Å²) in [5.74, 6) is -1.00. The van der Waals surface area contributed by atoms with Gasteiger partial charge in [0, 0.05) is 23.7 Å². The van der Waals surface area contributed by atoms with Crippen LogP contribution in [-0.4, -0.2) is 47.6 Å². The molecule has 6 fully saturated rings. The van der Waals surface area contributed by atoms with E-state index < -0.39 is 23.0 Å². The molecule has 3 aliphatic heterocycles. The third-order valence-electron chi connectivity index (χ3n) is 15.3. The lowest BCUT2D eigenvalue weighted by Gasteiger charge is -2.64. The highest BCUT2D eigenvalue weighted by molar-refractivity contribution is 5.90. The molecule has 8 heteroatoms. The molecule has 1 aromatic rings. The van der Waals surface area contributed by atoms with E-state index in [0.29, 0.717) is 25.2 Å². The number of hydrogen-bond donors (Lipinski definition) is 1. The van der Waals surface area contributed by atoms with Crippen molar-refractivity contribution < 1.29 is 38.4 Å². The minimum atomic E-state index is -1.36. The molecular weight excluding hydrogens is 596 g/mol. The number of carbonyl (C=O) groups excluding carboxylic acids is 2. The lowest BCUT2D eigenvalue weighted by molar-refractivity contribution is -0.192. The van der Waals surface area contributed by atoms with E-state index >= 15 is 0 Å². The summed E-state index contributed by atoms with van der Waals surface area (Å²) < 4.78 is 23.7. The van der Waals surface area contributed by atoms with E-state index in [1.807, 2.05) is 6.07 Å². The summed E-state index contributed by atoms with van der Waals surface area (Å²) in [4.78, 5) is 39.7. The molecule has 3 saturated heterocycles. The lowest BCUT2D eigenvalue weighted by Crippen LogP contribution is -2.63. The Morgan fingerprint density at radius 3 is 2.57 bits per heavy atom. The smallest absolute Gasteiger partial charge is 0.450 e. The van der Waals surface area contributed by atoms with Crippen molar-refractivity contribution in [3.05, 3.63) is 59.7 Å². The number of ether oxygens (including phenoxy) is 4. The van der Waals surface area contributed by atoms with Gasteiger partial charge in [-0.1, -0.05) is 74.9 Å². The van der Waals surface area contributed by atoms with Crippen molar-refractivity contribution in [1.82, 2.24) is 0 Å².